The predicted molar refractivity (Wildman–Crippen MR) is 108 cm³/mol. The van der Waals surface area contributed by atoms with Crippen molar-refractivity contribution in [1.82, 2.24) is 0 Å². The predicted octanol–water partition coefficient (Wildman–Crippen LogP) is 4.55. The van der Waals surface area contributed by atoms with Gasteiger partial charge in [-0.1, -0.05) is 30.3 Å². The van der Waals surface area contributed by atoms with Crippen LogP contribution in [0.5, 0.6) is 0 Å². The summed E-state index contributed by atoms with van der Waals surface area (Å²) in [5.41, 5.74) is 7.06. The van der Waals surface area contributed by atoms with Gasteiger partial charge >= 0.3 is 0 Å². The Morgan fingerprint density at radius 3 is 2.74 bits per heavy atom. The molecule has 3 aromatic rings. The molecular weight excluding hydrogens is 356 g/mol. The van der Waals surface area contributed by atoms with Crippen LogP contribution in [0.25, 0.3) is 11.1 Å². The van der Waals surface area contributed by atoms with E-state index in [4.69, 9.17) is 0 Å². The fourth-order valence-electron chi connectivity index (χ4n) is 3.65. The Bertz CT molecular complexity index is 1110. The minimum atomic E-state index is -0.182. The van der Waals surface area contributed by atoms with Crippen LogP contribution in [0.4, 0.5) is 11.4 Å². The second kappa shape index (κ2) is 6.28. The van der Waals surface area contributed by atoms with Gasteiger partial charge in [-0.2, -0.15) is 0 Å². The molecule has 0 fully saturated rings. The first-order valence-electron chi connectivity index (χ1n) is 8.77. The molecule has 132 valence electrons. The molecule has 4 nitrogen and oxygen atoms in total. The van der Waals surface area contributed by atoms with Gasteiger partial charge in [-0.25, -0.2) is 0 Å². The molecule has 1 aliphatic carbocycles. The van der Waals surface area contributed by atoms with Gasteiger partial charge in [0.25, 0.3) is 5.91 Å². The van der Waals surface area contributed by atoms with Crippen LogP contribution in [-0.4, -0.2) is 17.6 Å². The highest BCUT2D eigenvalue weighted by Gasteiger charge is 2.20. The Morgan fingerprint density at radius 2 is 1.81 bits per heavy atom. The first-order valence-corrected chi connectivity index (χ1v) is 9.75. The molecule has 1 aliphatic heterocycles. The minimum Gasteiger partial charge on any atom is -0.324 e. The van der Waals surface area contributed by atoms with E-state index in [2.05, 4.69) is 41.0 Å². The van der Waals surface area contributed by atoms with Crippen molar-refractivity contribution in [1.29, 1.82) is 0 Å². The first kappa shape index (κ1) is 16.1. The van der Waals surface area contributed by atoms with Gasteiger partial charge in [0.05, 0.1) is 11.4 Å². The molecule has 2 aliphatic rings. The molecule has 2 N–H and O–H groups in total. The summed E-state index contributed by atoms with van der Waals surface area (Å²) in [6, 6.07) is 19.9. The number of nitrogens with one attached hydrogen (secondary N) is 2. The molecule has 5 rings (SSSR count). The third kappa shape index (κ3) is 2.90. The van der Waals surface area contributed by atoms with E-state index in [0.29, 0.717) is 17.0 Å². The number of anilines is 2. The Balaban J connectivity index is 1.39. The molecule has 0 atom stereocenters. The molecular formula is C22H16N2O2S. The monoisotopic (exact) mass is 372 g/mol. The molecule has 0 spiro atoms. The third-order valence-corrected chi connectivity index (χ3v) is 6.00. The van der Waals surface area contributed by atoms with Crippen molar-refractivity contribution < 1.29 is 9.59 Å². The van der Waals surface area contributed by atoms with E-state index in [1.54, 1.807) is 12.1 Å². The van der Waals surface area contributed by atoms with Crippen LogP contribution in [0.1, 0.15) is 21.5 Å². The zero-order valence-electron chi connectivity index (χ0n) is 14.4. The number of carbonyl (C=O) groups is 2. The van der Waals surface area contributed by atoms with E-state index >= 15 is 0 Å². The quantitative estimate of drug-likeness (QED) is 0.543. The molecule has 0 radical (unpaired) electrons. The van der Waals surface area contributed by atoms with E-state index < -0.39 is 0 Å². The lowest BCUT2D eigenvalue weighted by Crippen LogP contribution is -2.19. The van der Waals surface area contributed by atoms with Gasteiger partial charge in [0.15, 0.2) is 0 Å². The van der Waals surface area contributed by atoms with E-state index in [1.807, 2.05) is 18.2 Å². The summed E-state index contributed by atoms with van der Waals surface area (Å²) in [6.45, 7) is 0. The van der Waals surface area contributed by atoms with Gasteiger partial charge in [0.1, 0.15) is 0 Å². The highest BCUT2D eigenvalue weighted by molar-refractivity contribution is 8.00. The second-order valence-electron chi connectivity index (χ2n) is 6.71. The van der Waals surface area contributed by atoms with E-state index in [0.717, 1.165) is 17.0 Å². The lowest BCUT2D eigenvalue weighted by atomic mass is 10.1. The van der Waals surface area contributed by atoms with Gasteiger partial charge in [-0.05, 0) is 59.0 Å². The first-order chi connectivity index (χ1) is 13.2. The number of amides is 2. The van der Waals surface area contributed by atoms with Crippen molar-refractivity contribution >= 4 is 35.0 Å². The zero-order valence-corrected chi connectivity index (χ0v) is 15.2. The van der Waals surface area contributed by atoms with Crippen LogP contribution >= 0.6 is 11.8 Å². The fraction of sp³-hybridized carbons (Fsp3) is 0.0909. The van der Waals surface area contributed by atoms with Crippen molar-refractivity contribution in [2.45, 2.75) is 11.3 Å². The van der Waals surface area contributed by atoms with Crippen LogP contribution in [0, 0.1) is 0 Å². The summed E-state index contributed by atoms with van der Waals surface area (Å²) in [5.74, 6) is 0.192. The molecule has 27 heavy (non-hydrogen) atoms. The number of hydrogen-bond acceptors (Lipinski definition) is 3. The Morgan fingerprint density at radius 1 is 0.963 bits per heavy atom. The number of rotatable bonds is 2. The number of carbonyl (C=O) groups excluding carboxylic acids is 2. The highest BCUT2D eigenvalue weighted by atomic mass is 32.2. The van der Waals surface area contributed by atoms with Gasteiger partial charge in [0, 0.05) is 16.1 Å². The Kier molecular flexibility index (Phi) is 3.76. The van der Waals surface area contributed by atoms with Crippen LogP contribution in [0.15, 0.2) is 65.6 Å². The van der Waals surface area contributed by atoms with Gasteiger partial charge in [-0.15, -0.1) is 11.8 Å². The molecule has 2 amide bonds. The summed E-state index contributed by atoms with van der Waals surface area (Å²) < 4.78 is 0. The van der Waals surface area contributed by atoms with Crippen LogP contribution in [0.2, 0.25) is 0 Å². The van der Waals surface area contributed by atoms with Crippen molar-refractivity contribution in [2.75, 3.05) is 16.4 Å². The molecule has 1 heterocycles. The summed E-state index contributed by atoms with van der Waals surface area (Å²) >= 11 is 1.48. The summed E-state index contributed by atoms with van der Waals surface area (Å²) in [4.78, 5) is 25.2. The molecule has 0 aromatic heterocycles. The number of fused-ring (bicyclic) bond motifs is 4. The molecule has 0 unspecified atom stereocenters. The number of hydrogen-bond donors (Lipinski definition) is 2. The van der Waals surface area contributed by atoms with Crippen LogP contribution in [-0.2, 0) is 11.2 Å². The topological polar surface area (TPSA) is 58.2 Å². The standard InChI is InChI=1S/C22H16N2O2S/c25-21-12-27-20-8-5-14(11-19(20)24-21)22(26)23-16-6-7-18-15(10-16)9-13-3-1-2-4-17(13)18/h1-8,10-11H,9,12H2,(H,23,26)(H,24,25). The largest absolute Gasteiger partial charge is 0.324 e. The lowest BCUT2D eigenvalue weighted by Gasteiger charge is -2.17. The second-order valence-corrected chi connectivity index (χ2v) is 7.72. The zero-order chi connectivity index (χ0) is 18.4. The lowest BCUT2D eigenvalue weighted by molar-refractivity contribution is -0.113. The van der Waals surface area contributed by atoms with Gasteiger partial charge in [0.2, 0.25) is 5.91 Å². The fourth-order valence-corrected chi connectivity index (χ4v) is 4.44. The van der Waals surface area contributed by atoms with E-state index in [-0.39, 0.29) is 11.8 Å². The molecule has 5 heteroatoms. The van der Waals surface area contributed by atoms with E-state index in [9.17, 15) is 9.59 Å². The summed E-state index contributed by atoms with van der Waals surface area (Å²) in [5, 5.41) is 5.80. The molecule has 0 saturated heterocycles. The number of benzene rings is 3. The Labute approximate surface area is 161 Å². The van der Waals surface area contributed by atoms with E-state index in [1.165, 1.54) is 34.0 Å². The van der Waals surface area contributed by atoms with Gasteiger partial charge in [-0.3, -0.25) is 9.59 Å². The average molecular weight is 372 g/mol. The summed E-state index contributed by atoms with van der Waals surface area (Å²) in [6.07, 6.45) is 0.886. The third-order valence-electron chi connectivity index (χ3n) is 4.93. The average Bonchev–Trinajstić information content (AvgIpc) is 3.05. The minimum absolute atomic E-state index is 0.0387. The van der Waals surface area contributed by atoms with Crippen molar-refractivity contribution in [3.05, 3.63) is 77.4 Å². The maximum absolute atomic E-state index is 12.7. The molecule has 3 aromatic carbocycles. The summed E-state index contributed by atoms with van der Waals surface area (Å²) in [7, 11) is 0. The molecule has 0 bridgehead atoms. The van der Waals surface area contributed by atoms with Gasteiger partial charge < -0.3 is 10.6 Å². The van der Waals surface area contributed by atoms with Crippen molar-refractivity contribution in [3.63, 3.8) is 0 Å². The van der Waals surface area contributed by atoms with Crippen molar-refractivity contribution in [2.24, 2.45) is 0 Å². The maximum Gasteiger partial charge on any atom is 0.255 e. The van der Waals surface area contributed by atoms with Crippen LogP contribution < -0.4 is 10.6 Å². The smallest absolute Gasteiger partial charge is 0.255 e. The highest BCUT2D eigenvalue weighted by Crippen LogP contribution is 2.38. The normalized spacial score (nSPS) is 14.0. The molecule has 0 saturated carbocycles. The van der Waals surface area contributed by atoms with Crippen molar-refractivity contribution in [3.8, 4) is 11.1 Å². The number of thioether (sulfide) groups is 1. The van der Waals surface area contributed by atoms with Crippen LogP contribution in [0.3, 0.4) is 0 Å². The Hall–Kier alpha value is -3.05. The SMILES string of the molecule is O=C1CSc2ccc(C(=O)Nc3ccc4c(c3)Cc3ccccc3-4)cc2N1. The maximum atomic E-state index is 12.7.